The average molecular weight is 325 g/mol. The predicted molar refractivity (Wildman–Crippen MR) is 81.1 cm³/mol. The number of rotatable bonds is 3. The molecule has 0 bridgehead atoms. The molecule has 1 N–H and O–H groups in total. The van der Waals surface area contributed by atoms with E-state index in [2.05, 4.69) is 15.5 Å². The fraction of sp³-hybridized carbons (Fsp3) is 0.615. The van der Waals surface area contributed by atoms with E-state index in [1.54, 1.807) is 22.5 Å². The predicted octanol–water partition coefficient (Wildman–Crippen LogP) is -0.0575. The molecule has 2 aromatic rings. The minimum Gasteiger partial charge on any atom is -0.350 e. The molecule has 0 saturated carbocycles. The van der Waals surface area contributed by atoms with E-state index in [-0.39, 0.29) is 23.5 Å². The van der Waals surface area contributed by atoms with Gasteiger partial charge in [-0.25, -0.2) is 8.42 Å². The van der Waals surface area contributed by atoms with Crippen LogP contribution in [0.2, 0.25) is 0 Å². The van der Waals surface area contributed by atoms with Crippen molar-refractivity contribution < 1.29 is 13.2 Å². The normalized spacial score (nSPS) is 22.0. The summed E-state index contributed by atoms with van der Waals surface area (Å²) in [4.78, 5) is 12.3. The molecule has 1 saturated heterocycles. The molecule has 22 heavy (non-hydrogen) atoms. The van der Waals surface area contributed by atoms with Crippen molar-refractivity contribution in [3.05, 3.63) is 11.9 Å². The minimum atomic E-state index is -3.00. The third-order valence-corrected chi connectivity index (χ3v) is 5.83. The number of carbonyl (C=O) groups excluding carboxylic acids is 1. The van der Waals surface area contributed by atoms with Crippen molar-refractivity contribution in [1.29, 1.82) is 0 Å². The second-order valence-electron chi connectivity index (χ2n) is 5.84. The van der Waals surface area contributed by atoms with Crippen LogP contribution in [0.15, 0.2) is 6.20 Å². The lowest BCUT2D eigenvalue weighted by atomic mass is 10.2. The number of aromatic nitrogens is 4. The van der Waals surface area contributed by atoms with Crippen LogP contribution in [-0.2, 0) is 21.7 Å². The number of carbonyl (C=O) groups is 1. The summed E-state index contributed by atoms with van der Waals surface area (Å²) in [6.45, 7) is 3.61. The zero-order valence-corrected chi connectivity index (χ0v) is 13.6. The van der Waals surface area contributed by atoms with Crippen LogP contribution in [0.1, 0.15) is 25.1 Å². The van der Waals surface area contributed by atoms with Gasteiger partial charge in [0, 0.05) is 13.1 Å². The second kappa shape index (κ2) is 5.08. The molecule has 8 nitrogen and oxygen atoms in total. The van der Waals surface area contributed by atoms with Gasteiger partial charge >= 0.3 is 0 Å². The first-order valence-electron chi connectivity index (χ1n) is 7.16. The van der Waals surface area contributed by atoms with Crippen molar-refractivity contribution in [3.63, 3.8) is 0 Å². The summed E-state index contributed by atoms with van der Waals surface area (Å²) in [5, 5.41) is 11.5. The number of fused-ring (bicyclic) bond motifs is 1. The van der Waals surface area contributed by atoms with Crippen LogP contribution in [0.5, 0.6) is 0 Å². The molecular weight excluding hydrogens is 306 g/mol. The van der Waals surface area contributed by atoms with Gasteiger partial charge in [-0.05, 0) is 20.3 Å². The van der Waals surface area contributed by atoms with Crippen molar-refractivity contribution in [2.45, 2.75) is 32.4 Å². The van der Waals surface area contributed by atoms with Crippen LogP contribution in [0.3, 0.4) is 0 Å². The molecule has 2 aromatic heterocycles. The highest BCUT2D eigenvalue weighted by Gasteiger charge is 2.30. The van der Waals surface area contributed by atoms with Crippen molar-refractivity contribution in [2.24, 2.45) is 7.05 Å². The van der Waals surface area contributed by atoms with E-state index in [0.717, 1.165) is 16.7 Å². The summed E-state index contributed by atoms with van der Waals surface area (Å²) < 4.78 is 26.2. The Balaban J connectivity index is 1.76. The van der Waals surface area contributed by atoms with Gasteiger partial charge in [0.1, 0.15) is 17.1 Å². The Bertz CT molecular complexity index is 801. The molecule has 0 aromatic carbocycles. The maximum atomic E-state index is 12.3. The topological polar surface area (TPSA) is 98.9 Å². The molecule has 0 radical (unpaired) electrons. The summed E-state index contributed by atoms with van der Waals surface area (Å²) in [5.74, 6) is -0.0566. The van der Waals surface area contributed by atoms with E-state index in [4.69, 9.17) is 0 Å². The summed E-state index contributed by atoms with van der Waals surface area (Å²) in [7, 11) is -1.17. The zero-order valence-electron chi connectivity index (χ0n) is 12.8. The molecule has 1 aliphatic rings. The lowest BCUT2D eigenvalue weighted by Gasteiger charge is -2.16. The fourth-order valence-electron chi connectivity index (χ4n) is 2.75. The largest absolute Gasteiger partial charge is 0.350 e. The molecule has 3 rings (SSSR count). The molecule has 3 heterocycles. The third-order valence-electron chi connectivity index (χ3n) is 4.06. The lowest BCUT2D eigenvalue weighted by Crippen LogP contribution is -2.39. The number of hydrogen-bond donors (Lipinski definition) is 1. The third kappa shape index (κ3) is 2.60. The molecule has 1 aliphatic heterocycles. The summed E-state index contributed by atoms with van der Waals surface area (Å²) >= 11 is 0. The molecular formula is C13H19N5O3S. The van der Waals surface area contributed by atoms with Crippen molar-refractivity contribution in [1.82, 2.24) is 24.9 Å². The summed E-state index contributed by atoms with van der Waals surface area (Å²) in [6, 6.07) is -0.802. The number of nitrogens with one attached hydrogen (secondary N) is 1. The van der Waals surface area contributed by atoms with E-state index in [9.17, 15) is 13.2 Å². The van der Waals surface area contributed by atoms with Gasteiger partial charge in [-0.2, -0.15) is 10.2 Å². The monoisotopic (exact) mass is 325 g/mol. The number of hydrogen-bond acceptors (Lipinski definition) is 5. The maximum absolute atomic E-state index is 12.3. The molecule has 1 fully saturated rings. The number of aryl methyl sites for hydroxylation is 2. The zero-order chi connectivity index (χ0) is 16.1. The lowest BCUT2D eigenvalue weighted by molar-refractivity contribution is -0.124. The quantitative estimate of drug-likeness (QED) is 0.852. The van der Waals surface area contributed by atoms with Crippen molar-refractivity contribution in [2.75, 3.05) is 11.5 Å². The van der Waals surface area contributed by atoms with E-state index < -0.39 is 15.9 Å². The summed E-state index contributed by atoms with van der Waals surface area (Å²) in [5.41, 5.74) is 2.44. The number of amides is 1. The first kappa shape index (κ1) is 15.0. The van der Waals surface area contributed by atoms with Gasteiger partial charge in [0.2, 0.25) is 5.91 Å². The van der Waals surface area contributed by atoms with Crippen molar-refractivity contribution in [3.8, 4) is 0 Å². The van der Waals surface area contributed by atoms with Gasteiger partial charge in [-0.3, -0.25) is 14.2 Å². The fourth-order valence-corrected chi connectivity index (χ4v) is 4.43. The standard InChI is InChI=1S/C13H19N5O3S/c1-8-12-11(17(3)15-8)6-18(16-12)9(2)13(19)14-10-4-5-22(20,21)7-10/h6,9-10H,4-5,7H2,1-3H3,(H,14,19)/t9-,10-/m1/s1. The molecule has 2 atom stereocenters. The SMILES string of the molecule is Cc1nn(C)c2cn([C@H](C)C(=O)N[C@@H]3CCS(=O)(=O)C3)nc12. The molecule has 0 spiro atoms. The Morgan fingerprint density at radius 1 is 1.45 bits per heavy atom. The van der Waals surface area contributed by atoms with Gasteiger partial charge in [-0.15, -0.1) is 0 Å². The first-order chi connectivity index (χ1) is 10.3. The smallest absolute Gasteiger partial charge is 0.244 e. The molecule has 0 unspecified atom stereocenters. The molecule has 120 valence electrons. The van der Waals surface area contributed by atoms with Gasteiger partial charge < -0.3 is 5.32 Å². The van der Waals surface area contributed by atoms with Gasteiger partial charge in [0.05, 0.1) is 23.4 Å². The minimum absolute atomic E-state index is 0.0234. The van der Waals surface area contributed by atoms with Crippen LogP contribution in [0.4, 0.5) is 0 Å². The highest BCUT2D eigenvalue weighted by molar-refractivity contribution is 7.91. The molecule has 9 heteroatoms. The van der Waals surface area contributed by atoms with Gasteiger partial charge in [0.15, 0.2) is 9.84 Å². The molecule has 1 amide bonds. The van der Waals surface area contributed by atoms with Crippen LogP contribution >= 0.6 is 0 Å². The summed E-state index contributed by atoms with van der Waals surface area (Å²) in [6.07, 6.45) is 2.26. The maximum Gasteiger partial charge on any atom is 0.244 e. The highest BCUT2D eigenvalue weighted by Crippen LogP contribution is 2.18. The highest BCUT2D eigenvalue weighted by atomic mass is 32.2. The number of sulfone groups is 1. The van der Waals surface area contributed by atoms with Crippen LogP contribution in [0, 0.1) is 6.92 Å². The van der Waals surface area contributed by atoms with Gasteiger partial charge in [-0.1, -0.05) is 0 Å². The van der Waals surface area contributed by atoms with E-state index in [1.165, 1.54) is 0 Å². The van der Waals surface area contributed by atoms with Crippen molar-refractivity contribution >= 4 is 26.8 Å². The number of nitrogens with zero attached hydrogens (tertiary/aromatic N) is 4. The van der Waals surface area contributed by atoms with Crippen LogP contribution in [-0.4, -0.2) is 51.4 Å². The Morgan fingerprint density at radius 3 is 2.77 bits per heavy atom. The van der Waals surface area contributed by atoms with E-state index in [1.807, 2.05) is 14.0 Å². The Kier molecular flexibility index (Phi) is 3.47. The second-order valence-corrected chi connectivity index (χ2v) is 8.07. The first-order valence-corrected chi connectivity index (χ1v) is 8.98. The Hall–Kier alpha value is -1.90. The van der Waals surface area contributed by atoms with Crippen LogP contribution in [0.25, 0.3) is 11.0 Å². The van der Waals surface area contributed by atoms with E-state index in [0.29, 0.717) is 6.42 Å². The average Bonchev–Trinajstić information content (AvgIpc) is 3.07. The Labute approximate surface area is 128 Å². The van der Waals surface area contributed by atoms with Gasteiger partial charge in [0.25, 0.3) is 0 Å². The van der Waals surface area contributed by atoms with E-state index >= 15 is 0 Å². The van der Waals surface area contributed by atoms with Crippen LogP contribution < -0.4 is 5.32 Å². The Morgan fingerprint density at radius 2 is 2.18 bits per heavy atom. The molecule has 0 aliphatic carbocycles.